The first kappa shape index (κ1) is 23.4. The van der Waals surface area contributed by atoms with Crippen molar-refractivity contribution in [3.63, 3.8) is 0 Å². The Morgan fingerprint density at radius 1 is 1.09 bits per heavy atom. The normalized spacial score (nSPS) is 10.8. The third-order valence-corrected chi connectivity index (χ3v) is 5.96. The Balaban J connectivity index is 1.54. The SMILES string of the molecule is CCOc1ccc(-n2c(SCC(=O)N(C)Cc3ccc(F)cc3)nnc2-c2cccnc2)cc1. The Hall–Kier alpha value is -3.72. The first-order valence-electron chi connectivity index (χ1n) is 10.8. The fourth-order valence-corrected chi connectivity index (χ4v) is 4.22. The lowest BCUT2D eigenvalue weighted by molar-refractivity contribution is -0.127. The molecule has 0 aliphatic heterocycles. The lowest BCUT2D eigenvalue weighted by Gasteiger charge is -2.17. The zero-order chi connectivity index (χ0) is 23.9. The molecular formula is C25H24FN5O2S. The zero-order valence-corrected chi connectivity index (χ0v) is 19.7. The van der Waals surface area contributed by atoms with Gasteiger partial charge in [0.15, 0.2) is 11.0 Å². The van der Waals surface area contributed by atoms with Gasteiger partial charge in [-0.05, 0) is 61.0 Å². The number of carbonyl (C=O) groups is 1. The van der Waals surface area contributed by atoms with Crippen LogP contribution in [0, 0.1) is 5.82 Å². The summed E-state index contributed by atoms with van der Waals surface area (Å²) in [6, 6.07) is 17.5. The van der Waals surface area contributed by atoms with Crippen LogP contribution >= 0.6 is 11.8 Å². The number of hydrogen-bond donors (Lipinski definition) is 0. The van der Waals surface area contributed by atoms with Gasteiger partial charge in [-0.2, -0.15) is 0 Å². The van der Waals surface area contributed by atoms with Gasteiger partial charge in [-0.3, -0.25) is 14.3 Å². The molecule has 0 bridgehead atoms. The Kier molecular flexibility index (Phi) is 7.54. The summed E-state index contributed by atoms with van der Waals surface area (Å²) >= 11 is 1.31. The van der Waals surface area contributed by atoms with Crippen molar-refractivity contribution in [2.45, 2.75) is 18.6 Å². The van der Waals surface area contributed by atoms with Crippen LogP contribution in [0.25, 0.3) is 17.1 Å². The largest absolute Gasteiger partial charge is 0.494 e. The Morgan fingerprint density at radius 2 is 1.85 bits per heavy atom. The molecule has 0 radical (unpaired) electrons. The van der Waals surface area contributed by atoms with Crippen molar-refractivity contribution in [3.05, 3.63) is 84.4 Å². The molecule has 0 aliphatic rings. The van der Waals surface area contributed by atoms with Gasteiger partial charge in [0.25, 0.3) is 0 Å². The molecule has 0 unspecified atom stereocenters. The van der Waals surface area contributed by atoms with E-state index in [-0.39, 0.29) is 17.5 Å². The van der Waals surface area contributed by atoms with E-state index in [1.165, 1.54) is 23.9 Å². The van der Waals surface area contributed by atoms with Crippen LogP contribution < -0.4 is 4.74 Å². The number of thioether (sulfide) groups is 1. The summed E-state index contributed by atoms with van der Waals surface area (Å²) in [6.45, 7) is 2.92. The number of ether oxygens (including phenoxy) is 1. The molecule has 34 heavy (non-hydrogen) atoms. The van der Waals surface area contributed by atoms with Crippen LogP contribution in [-0.4, -0.2) is 50.0 Å². The molecule has 2 aromatic heterocycles. The van der Waals surface area contributed by atoms with E-state index in [0.717, 1.165) is 22.6 Å². The van der Waals surface area contributed by atoms with Crippen molar-refractivity contribution in [3.8, 4) is 22.8 Å². The third-order valence-electron chi connectivity index (χ3n) is 5.04. The van der Waals surface area contributed by atoms with Gasteiger partial charge in [-0.25, -0.2) is 4.39 Å². The van der Waals surface area contributed by atoms with E-state index in [9.17, 15) is 9.18 Å². The van der Waals surface area contributed by atoms with Gasteiger partial charge in [0.05, 0.1) is 12.4 Å². The number of aromatic nitrogens is 4. The smallest absolute Gasteiger partial charge is 0.233 e. The number of pyridine rings is 1. The topological polar surface area (TPSA) is 73.1 Å². The van der Waals surface area contributed by atoms with Crippen molar-refractivity contribution in [2.24, 2.45) is 0 Å². The maximum absolute atomic E-state index is 13.1. The Labute approximate surface area is 201 Å². The van der Waals surface area contributed by atoms with Gasteiger partial charge >= 0.3 is 0 Å². The van der Waals surface area contributed by atoms with E-state index in [1.54, 1.807) is 36.5 Å². The zero-order valence-electron chi connectivity index (χ0n) is 18.9. The van der Waals surface area contributed by atoms with Gasteiger partial charge in [-0.15, -0.1) is 10.2 Å². The first-order chi connectivity index (χ1) is 16.5. The van der Waals surface area contributed by atoms with E-state index in [0.29, 0.717) is 24.1 Å². The molecule has 0 N–H and O–H groups in total. The average molecular weight is 478 g/mol. The predicted octanol–water partition coefficient (Wildman–Crippen LogP) is 4.62. The predicted molar refractivity (Wildman–Crippen MR) is 129 cm³/mol. The monoisotopic (exact) mass is 477 g/mol. The van der Waals surface area contributed by atoms with Crippen LogP contribution in [-0.2, 0) is 11.3 Å². The maximum Gasteiger partial charge on any atom is 0.233 e. The number of hydrogen-bond acceptors (Lipinski definition) is 6. The minimum Gasteiger partial charge on any atom is -0.494 e. The van der Waals surface area contributed by atoms with Gasteiger partial charge in [0.1, 0.15) is 11.6 Å². The minimum atomic E-state index is -0.300. The van der Waals surface area contributed by atoms with E-state index in [2.05, 4.69) is 15.2 Å². The molecule has 174 valence electrons. The van der Waals surface area contributed by atoms with Crippen LogP contribution in [0.2, 0.25) is 0 Å². The van der Waals surface area contributed by atoms with Crippen molar-refractivity contribution >= 4 is 17.7 Å². The van der Waals surface area contributed by atoms with Crippen molar-refractivity contribution in [1.29, 1.82) is 0 Å². The van der Waals surface area contributed by atoms with Crippen LogP contribution in [0.3, 0.4) is 0 Å². The van der Waals surface area contributed by atoms with E-state index in [4.69, 9.17) is 4.74 Å². The summed E-state index contributed by atoms with van der Waals surface area (Å²) in [5, 5.41) is 9.33. The van der Waals surface area contributed by atoms with Gasteiger partial charge in [-0.1, -0.05) is 23.9 Å². The molecule has 2 heterocycles. The van der Waals surface area contributed by atoms with Gasteiger partial charge in [0, 0.05) is 37.2 Å². The lowest BCUT2D eigenvalue weighted by atomic mass is 10.2. The summed E-state index contributed by atoms with van der Waals surface area (Å²) in [4.78, 5) is 18.6. The van der Waals surface area contributed by atoms with Crippen LogP contribution in [0.1, 0.15) is 12.5 Å². The number of nitrogens with zero attached hydrogens (tertiary/aromatic N) is 5. The average Bonchev–Trinajstić information content (AvgIpc) is 3.29. The molecule has 0 spiro atoms. The summed E-state index contributed by atoms with van der Waals surface area (Å²) in [6.07, 6.45) is 3.43. The number of halogens is 1. The molecule has 0 aliphatic carbocycles. The molecule has 2 aromatic carbocycles. The highest BCUT2D eigenvalue weighted by Gasteiger charge is 2.19. The third kappa shape index (κ3) is 5.60. The standard InChI is InChI=1S/C25H24FN5O2S/c1-3-33-22-12-10-21(11-13-22)31-24(19-5-4-14-27-15-19)28-29-25(31)34-17-23(32)30(2)16-18-6-8-20(26)9-7-18/h4-15H,3,16-17H2,1-2H3. The first-order valence-corrected chi connectivity index (χ1v) is 11.7. The summed E-state index contributed by atoms with van der Waals surface area (Å²) in [5.41, 5.74) is 2.52. The molecular weight excluding hydrogens is 453 g/mol. The Bertz CT molecular complexity index is 1230. The van der Waals surface area contributed by atoms with Crippen molar-refractivity contribution < 1.29 is 13.9 Å². The maximum atomic E-state index is 13.1. The second-order valence-corrected chi connectivity index (χ2v) is 8.42. The highest BCUT2D eigenvalue weighted by atomic mass is 32.2. The van der Waals surface area contributed by atoms with Crippen molar-refractivity contribution in [1.82, 2.24) is 24.6 Å². The molecule has 4 aromatic rings. The number of benzene rings is 2. The van der Waals surface area contributed by atoms with Crippen LogP contribution in [0.4, 0.5) is 4.39 Å². The van der Waals surface area contributed by atoms with E-state index >= 15 is 0 Å². The van der Waals surface area contributed by atoms with E-state index < -0.39 is 0 Å². The highest BCUT2D eigenvalue weighted by molar-refractivity contribution is 7.99. The van der Waals surface area contributed by atoms with Crippen LogP contribution in [0.5, 0.6) is 5.75 Å². The Morgan fingerprint density at radius 3 is 2.53 bits per heavy atom. The molecule has 0 saturated carbocycles. The summed E-state index contributed by atoms with van der Waals surface area (Å²) in [5.74, 6) is 1.21. The number of rotatable bonds is 9. The second-order valence-electron chi connectivity index (χ2n) is 7.48. The molecule has 0 fully saturated rings. The van der Waals surface area contributed by atoms with E-state index in [1.807, 2.05) is 47.9 Å². The van der Waals surface area contributed by atoms with Crippen molar-refractivity contribution in [2.75, 3.05) is 19.4 Å². The molecule has 7 nitrogen and oxygen atoms in total. The van der Waals surface area contributed by atoms with Crippen LogP contribution in [0.15, 0.2) is 78.2 Å². The minimum absolute atomic E-state index is 0.0708. The highest BCUT2D eigenvalue weighted by Crippen LogP contribution is 2.28. The summed E-state index contributed by atoms with van der Waals surface area (Å²) in [7, 11) is 1.73. The fourth-order valence-electron chi connectivity index (χ4n) is 3.32. The molecule has 4 rings (SSSR count). The number of amides is 1. The molecule has 1 amide bonds. The summed E-state index contributed by atoms with van der Waals surface area (Å²) < 4.78 is 20.6. The molecule has 0 saturated heterocycles. The molecule has 9 heteroatoms. The lowest BCUT2D eigenvalue weighted by Crippen LogP contribution is -2.27. The van der Waals surface area contributed by atoms with Gasteiger partial charge < -0.3 is 9.64 Å². The fraction of sp³-hybridized carbons (Fsp3) is 0.200. The quantitative estimate of drug-likeness (QED) is 0.328. The second kappa shape index (κ2) is 10.9. The van der Waals surface area contributed by atoms with Gasteiger partial charge in [0.2, 0.25) is 5.91 Å². The molecule has 0 atom stereocenters. The number of carbonyl (C=O) groups excluding carboxylic acids is 1.